The maximum Gasteiger partial charge on any atom is 0.319 e. The Morgan fingerprint density at radius 1 is 0.970 bits per heavy atom. The van der Waals surface area contributed by atoms with Crippen molar-refractivity contribution in [2.75, 3.05) is 16.8 Å². The third kappa shape index (κ3) is 4.99. The van der Waals surface area contributed by atoms with Crippen molar-refractivity contribution in [2.45, 2.75) is 18.9 Å². The number of primary amides is 1. The summed E-state index contributed by atoms with van der Waals surface area (Å²) in [5, 5.41) is 5.99. The first-order valence-corrected chi connectivity index (χ1v) is 10.9. The molecule has 4 amide bonds. The number of amides is 4. The lowest BCUT2D eigenvalue weighted by molar-refractivity contribution is -0.121. The van der Waals surface area contributed by atoms with Crippen LogP contribution in [0, 0.1) is 0 Å². The van der Waals surface area contributed by atoms with Crippen molar-refractivity contribution in [2.24, 2.45) is 5.73 Å². The molecule has 1 aliphatic rings. The first kappa shape index (κ1) is 22.4. The number of hydrogen-bond donors (Lipinski definition) is 3. The van der Waals surface area contributed by atoms with Crippen LogP contribution in [0.25, 0.3) is 11.1 Å². The number of urea groups is 1. The molecule has 1 saturated heterocycles. The van der Waals surface area contributed by atoms with E-state index in [-0.39, 0.29) is 11.5 Å². The summed E-state index contributed by atoms with van der Waals surface area (Å²) in [5.74, 6) is -0.909. The molecule has 1 unspecified atom stereocenters. The van der Waals surface area contributed by atoms with Gasteiger partial charge in [-0.1, -0.05) is 54.1 Å². The van der Waals surface area contributed by atoms with Gasteiger partial charge >= 0.3 is 6.03 Å². The van der Waals surface area contributed by atoms with Crippen molar-refractivity contribution in [3.63, 3.8) is 0 Å². The van der Waals surface area contributed by atoms with Crippen LogP contribution in [-0.4, -0.2) is 30.4 Å². The van der Waals surface area contributed by atoms with Crippen LogP contribution < -0.4 is 21.3 Å². The van der Waals surface area contributed by atoms with Gasteiger partial charge in [0.25, 0.3) is 5.91 Å². The van der Waals surface area contributed by atoms with Gasteiger partial charge < -0.3 is 21.3 Å². The van der Waals surface area contributed by atoms with Gasteiger partial charge in [0.15, 0.2) is 0 Å². The highest BCUT2D eigenvalue weighted by Crippen LogP contribution is 2.33. The fourth-order valence-electron chi connectivity index (χ4n) is 3.99. The zero-order valence-corrected chi connectivity index (χ0v) is 18.5. The Morgan fingerprint density at radius 3 is 2.39 bits per heavy atom. The molecular formula is C25H23ClN4O3. The van der Waals surface area contributed by atoms with Gasteiger partial charge in [-0.05, 0) is 54.3 Å². The summed E-state index contributed by atoms with van der Waals surface area (Å²) in [6, 6.07) is 20.2. The van der Waals surface area contributed by atoms with Gasteiger partial charge in [0, 0.05) is 17.3 Å². The SMILES string of the molecule is NC(=O)c1c(-c2ccccc2)cccc1N1CCCC(NC(=O)Nc2ccc(Cl)cc2)C1=O. The van der Waals surface area contributed by atoms with Crippen LogP contribution in [0.4, 0.5) is 16.2 Å². The van der Waals surface area contributed by atoms with E-state index in [1.54, 1.807) is 36.4 Å². The smallest absolute Gasteiger partial charge is 0.319 e. The van der Waals surface area contributed by atoms with E-state index in [4.69, 9.17) is 17.3 Å². The molecule has 33 heavy (non-hydrogen) atoms. The third-order valence-electron chi connectivity index (χ3n) is 5.51. The molecule has 8 heteroatoms. The molecule has 1 fully saturated rings. The van der Waals surface area contributed by atoms with Crippen molar-refractivity contribution in [1.82, 2.24) is 5.32 Å². The number of halogens is 1. The fourth-order valence-corrected chi connectivity index (χ4v) is 4.12. The largest absolute Gasteiger partial charge is 0.366 e. The van der Waals surface area contributed by atoms with Crippen molar-refractivity contribution in [1.29, 1.82) is 0 Å². The predicted octanol–water partition coefficient (Wildman–Crippen LogP) is 4.42. The summed E-state index contributed by atoms with van der Waals surface area (Å²) in [4.78, 5) is 39.7. The molecule has 0 radical (unpaired) electrons. The van der Waals surface area contributed by atoms with Crippen LogP contribution in [0.15, 0.2) is 72.8 Å². The molecule has 3 aromatic carbocycles. The van der Waals surface area contributed by atoms with Crippen molar-refractivity contribution >= 4 is 40.8 Å². The molecule has 0 aromatic heterocycles. The molecule has 1 atom stereocenters. The minimum absolute atomic E-state index is 0.281. The summed E-state index contributed by atoms with van der Waals surface area (Å²) in [5.41, 5.74) is 8.52. The van der Waals surface area contributed by atoms with Crippen LogP contribution in [0.5, 0.6) is 0 Å². The number of rotatable bonds is 5. The number of hydrogen-bond acceptors (Lipinski definition) is 3. The normalized spacial score (nSPS) is 15.7. The second-order valence-electron chi connectivity index (χ2n) is 7.72. The summed E-state index contributed by atoms with van der Waals surface area (Å²) in [6.45, 7) is 0.425. The maximum absolute atomic E-state index is 13.3. The Labute approximate surface area is 196 Å². The van der Waals surface area contributed by atoms with E-state index in [2.05, 4.69) is 10.6 Å². The number of nitrogens with zero attached hydrogens (tertiary/aromatic N) is 1. The second-order valence-corrected chi connectivity index (χ2v) is 8.16. The molecule has 0 saturated carbocycles. The molecule has 4 N–H and O–H groups in total. The Bertz CT molecular complexity index is 1180. The van der Waals surface area contributed by atoms with E-state index in [0.717, 1.165) is 5.56 Å². The van der Waals surface area contributed by atoms with E-state index in [9.17, 15) is 14.4 Å². The monoisotopic (exact) mass is 462 g/mol. The lowest BCUT2D eigenvalue weighted by Crippen LogP contribution is -2.53. The van der Waals surface area contributed by atoms with E-state index in [1.165, 1.54) is 4.90 Å². The van der Waals surface area contributed by atoms with Crippen molar-refractivity contribution in [3.05, 3.63) is 83.4 Å². The maximum atomic E-state index is 13.3. The minimum Gasteiger partial charge on any atom is -0.366 e. The number of carbonyl (C=O) groups excluding carboxylic acids is 3. The molecule has 1 heterocycles. The average Bonchev–Trinajstić information content (AvgIpc) is 2.82. The van der Waals surface area contributed by atoms with Crippen LogP contribution in [0.2, 0.25) is 5.02 Å². The first-order valence-electron chi connectivity index (χ1n) is 10.6. The Kier molecular flexibility index (Phi) is 6.60. The molecular weight excluding hydrogens is 440 g/mol. The van der Waals surface area contributed by atoms with E-state index in [1.807, 2.05) is 36.4 Å². The van der Waals surface area contributed by atoms with Crippen molar-refractivity contribution in [3.8, 4) is 11.1 Å². The highest BCUT2D eigenvalue weighted by atomic mass is 35.5. The number of piperidine rings is 1. The zero-order valence-electron chi connectivity index (χ0n) is 17.8. The predicted molar refractivity (Wildman–Crippen MR) is 129 cm³/mol. The number of anilines is 2. The molecule has 7 nitrogen and oxygen atoms in total. The van der Waals surface area contributed by atoms with E-state index in [0.29, 0.717) is 41.3 Å². The second kappa shape index (κ2) is 9.75. The molecule has 4 rings (SSSR count). The quantitative estimate of drug-likeness (QED) is 0.522. The summed E-state index contributed by atoms with van der Waals surface area (Å²) in [6.07, 6.45) is 1.15. The number of benzene rings is 3. The van der Waals surface area contributed by atoms with Gasteiger partial charge in [0.1, 0.15) is 6.04 Å². The highest BCUT2D eigenvalue weighted by Gasteiger charge is 2.33. The summed E-state index contributed by atoms with van der Waals surface area (Å²) < 4.78 is 0. The highest BCUT2D eigenvalue weighted by molar-refractivity contribution is 6.30. The molecule has 0 aliphatic carbocycles. The molecule has 0 bridgehead atoms. The van der Waals surface area contributed by atoms with Crippen LogP contribution >= 0.6 is 11.6 Å². The molecule has 1 aliphatic heterocycles. The van der Waals surface area contributed by atoms with Crippen molar-refractivity contribution < 1.29 is 14.4 Å². The average molecular weight is 463 g/mol. The molecule has 168 valence electrons. The van der Waals surface area contributed by atoms with Gasteiger partial charge in [0.05, 0.1) is 11.3 Å². The first-order chi connectivity index (χ1) is 15.9. The van der Waals surface area contributed by atoms with Gasteiger partial charge in [0.2, 0.25) is 5.91 Å². The topological polar surface area (TPSA) is 105 Å². The number of nitrogens with two attached hydrogens (primary N) is 1. The molecule has 0 spiro atoms. The Balaban J connectivity index is 1.57. The third-order valence-corrected chi connectivity index (χ3v) is 5.76. The van der Waals surface area contributed by atoms with Gasteiger partial charge in [-0.15, -0.1) is 0 Å². The van der Waals surface area contributed by atoms with E-state index >= 15 is 0 Å². The van der Waals surface area contributed by atoms with Gasteiger partial charge in [-0.25, -0.2) is 4.79 Å². The summed E-state index contributed by atoms with van der Waals surface area (Å²) in [7, 11) is 0. The minimum atomic E-state index is -0.729. The van der Waals surface area contributed by atoms with Gasteiger partial charge in [-0.2, -0.15) is 0 Å². The van der Waals surface area contributed by atoms with Crippen LogP contribution in [-0.2, 0) is 4.79 Å². The Morgan fingerprint density at radius 2 is 1.70 bits per heavy atom. The lowest BCUT2D eigenvalue weighted by atomic mass is 9.95. The Hall–Kier alpha value is -3.84. The summed E-state index contributed by atoms with van der Waals surface area (Å²) >= 11 is 5.87. The molecule has 3 aromatic rings. The van der Waals surface area contributed by atoms with Gasteiger partial charge in [-0.3, -0.25) is 9.59 Å². The van der Waals surface area contributed by atoms with Crippen LogP contribution in [0.1, 0.15) is 23.2 Å². The zero-order chi connectivity index (χ0) is 23.4. The number of nitrogens with one attached hydrogen (secondary N) is 2. The van der Waals surface area contributed by atoms with E-state index < -0.39 is 18.0 Å². The lowest BCUT2D eigenvalue weighted by Gasteiger charge is -2.34. The van der Waals surface area contributed by atoms with Crippen LogP contribution in [0.3, 0.4) is 0 Å². The number of carbonyl (C=O) groups is 3. The fraction of sp³-hybridized carbons (Fsp3) is 0.160. The standard InChI is InChI=1S/C25H23ClN4O3/c26-17-11-13-18(14-12-17)28-25(33)29-20-9-5-15-30(24(20)32)21-10-4-8-19(22(21)23(27)31)16-6-2-1-3-7-16/h1-4,6-8,10-14,20H,5,9,15H2,(H2,27,31)(H2,28,29,33).